The molecule has 0 spiro atoms. The zero-order chi connectivity index (χ0) is 16.5. The molecule has 0 amide bonds. The Morgan fingerprint density at radius 3 is 1.38 bits per heavy atom. The lowest BCUT2D eigenvalue weighted by atomic mass is 10.2. The molecule has 24 heavy (non-hydrogen) atoms. The van der Waals surface area contributed by atoms with Crippen LogP contribution in [0.25, 0.3) is 0 Å². The SMILES string of the molecule is c1ccc(COC2COCC(OCc3ccccc3)COC2)cc1. The Bertz CT molecular complexity index is 511. The van der Waals surface area contributed by atoms with Gasteiger partial charge in [-0.15, -0.1) is 0 Å². The van der Waals surface area contributed by atoms with Crippen molar-refractivity contribution in [1.82, 2.24) is 0 Å². The maximum Gasteiger partial charge on any atom is 0.105 e. The molecule has 1 aliphatic rings. The first-order valence-corrected chi connectivity index (χ1v) is 8.36. The lowest BCUT2D eigenvalue weighted by Crippen LogP contribution is -2.35. The summed E-state index contributed by atoms with van der Waals surface area (Å²) >= 11 is 0. The molecule has 4 nitrogen and oxygen atoms in total. The normalized spacial score (nSPS) is 21.8. The van der Waals surface area contributed by atoms with E-state index in [4.69, 9.17) is 18.9 Å². The summed E-state index contributed by atoms with van der Waals surface area (Å²) in [6.45, 7) is 3.25. The van der Waals surface area contributed by atoms with Gasteiger partial charge in [-0.2, -0.15) is 0 Å². The predicted molar refractivity (Wildman–Crippen MR) is 91.7 cm³/mol. The van der Waals surface area contributed by atoms with Crippen LogP contribution in [0.5, 0.6) is 0 Å². The zero-order valence-electron chi connectivity index (χ0n) is 13.8. The van der Waals surface area contributed by atoms with Crippen molar-refractivity contribution in [3.63, 3.8) is 0 Å². The van der Waals surface area contributed by atoms with Gasteiger partial charge >= 0.3 is 0 Å². The van der Waals surface area contributed by atoms with E-state index >= 15 is 0 Å². The van der Waals surface area contributed by atoms with Crippen molar-refractivity contribution in [3.8, 4) is 0 Å². The van der Waals surface area contributed by atoms with Crippen LogP contribution < -0.4 is 0 Å². The van der Waals surface area contributed by atoms with Crippen molar-refractivity contribution >= 4 is 0 Å². The van der Waals surface area contributed by atoms with Crippen molar-refractivity contribution in [1.29, 1.82) is 0 Å². The Labute approximate surface area is 143 Å². The summed E-state index contributed by atoms with van der Waals surface area (Å²) in [7, 11) is 0. The molecular weight excluding hydrogens is 304 g/mol. The van der Waals surface area contributed by atoms with Gasteiger partial charge in [0.05, 0.1) is 39.6 Å². The smallest absolute Gasteiger partial charge is 0.105 e. The highest BCUT2D eigenvalue weighted by Gasteiger charge is 2.18. The lowest BCUT2D eigenvalue weighted by molar-refractivity contribution is -0.135. The molecule has 3 rings (SSSR count). The minimum Gasteiger partial charge on any atom is -0.376 e. The molecule has 0 saturated carbocycles. The third-order valence-corrected chi connectivity index (χ3v) is 3.87. The van der Waals surface area contributed by atoms with Gasteiger partial charge in [0.15, 0.2) is 0 Å². The van der Waals surface area contributed by atoms with Gasteiger partial charge in [0.2, 0.25) is 0 Å². The molecule has 0 N–H and O–H groups in total. The van der Waals surface area contributed by atoms with Gasteiger partial charge in [0.1, 0.15) is 12.2 Å². The van der Waals surface area contributed by atoms with Crippen LogP contribution in [-0.2, 0) is 32.2 Å². The van der Waals surface area contributed by atoms with Gasteiger partial charge in [-0.1, -0.05) is 60.7 Å². The summed E-state index contributed by atoms with van der Waals surface area (Å²) in [5.41, 5.74) is 2.31. The molecule has 1 fully saturated rings. The molecular formula is C20H24O4. The predicted octanol–water partition coefficient (Wildman–Crippen LogP) is 3.20. The fourth-order valence-electron chi connectivity index (χ4n) is 2.53. The Hall–Kier alpha value is -1.72. The molecule has 1 heterocycles. The van der Waals surface area contributed by atoms with E-state index in [2.05, 4.69) is 24.3 Å². The number of ether oxygens (including phenoxy) is 4. The van der Waals surface area contributed by atoms with Crippen LogP contribution >= 0.6 is 0 Å². The molecule has 128 valence electrons. The van der Waals surface area contributed by atoms with E-state index in [-0.39, 0.29) is 12.2 Å². The number of hydrogen-bond acceptors (Lipinski definition) is 4. The van der Waals surface area contributed by atoms with Crippen LogP contribution in [0.2, 0.25) is 0 Å². The third-order valence-electron chi connectivity index (χ3n) is 3.87. The highest BCUT2D eigenvalue weighted by atomic mass is 16.6. The molecule has 0 aliphatic carbocycles. The molecule has 2 aromatic rings. The van der Waals surface area contributed by atoms with Gasteiger partial charge in [-0.3, -0.25) is 0 Å². The third kappa shape index (κ3) is 5.73. The van der Waals surface area contributed by atoms with Crippen molar-refractivity contribution < 1.29 is 18.9 Å². The van der Waals surface area contributed by atoms with Crippen molar-refractivity contribution in [2.45, 2.75) is 25.4 Å². The molecule has 0 unspecified atom stereocenters. The van der Waals surface area contributed by atoms with E-state index in [0.717, 1.165) is 11.1 Å². The Kier molecular flexibility index (Phi) is 6.81. The zero-order valence-corrected chi connectivity index (χ0v) is 13.8. The Morgan fingerprint density at radius 2 is 1.00 bits per heavy atom. The van der Waals surface area contributed by atoms with E-state index in [9.17, 15) is 0 Å². The maximum absolute atomic E-state index is 5.88. The summed E-state index contributed by atoms with van der Waals surface area (Å²) in [6, 6.07) is 20.3. The minimum absolute atomic E-state index is 0.0414. The molecule has 1 aliphatic heterocycles. The van der Waals surface area contributed by atoms with E-state index in [0.29, 0.717) is 39.6 Å². The molecule has 0 aromatic heterocycles. The first-order chi connectivity index (χ1) is 11.9. The fourth-order valence-corrected chi connectivity index (χ4v) is 2.53. The van der Waals surface area contributed by atoms with Crippen molar-refractivity contribution in [2.75, 3.05) is 26.4 Å². The first-order valence-electron chi connectivity index (χ1n) is 8.36. The van der Waals surface area contributed by atoms with Gasteiger partial charge < -0.3 is 18.9 Å². The van der Waals surface area contributed by atoms with Gasteiger partial charge in [-0.05, 0) is 11.1 Å². The van der Waals surface area contributed by atoms with Crippen LogP contribution in [0.3, 0.4) is 0 Å². The van der Waals surface area contributed by atoms with Crippen LogP contribution in [-0.4, -0.2) is 38.6 Å². The largest absolute Gasteiger partial charge is 0.376 e. The topological polar surface area (TPSA) is 36.9 Å². The minimum atomic E-state index is -0.0414. The van der Waals surface area contributed by atoms with Gasteiger partial charge in [0.25, 0.3) is 0 Å². The second-order valence-corrected chi connectivity index (χ2v) is 5.91. The lowest BCUT2D eigenvalue weighted by Gasteiger charge is -2.25. The Morgan fingerprint density at radius 1 is 0.625 bits per heavy atom. The van der Waals surface area contributed by atoms with Gasteiger partial charge in [0, 0.05) is 0 Å². The molecule has 0 bridgehead atoms. The van der Waals surface area contributed by atoms with Crippen LogP contribution in [0.1, 0.15) is 11.1 Å². The number of benzene rings is 2. The second kappa shape index (κ2) is 9.55. The maximum atomic E-state index is 5.88. The Balaban J connectivity index is 1.37. The second-order valence-electron chi connectivity index (χ2n) is 5.91. The van der Waals surface area contributed by atoms with Crippen molar-refractivity contribution in [3.05, 3.63) is 71.8 Å². The number of rotatable bonds is 6. The summed E-state index contributed by atoms with van der Waals surface area (Å²) in [4.78, 5) is 0. The highest BCUT2D eigenvalue weighted by Crippen LogP contribution is 2.10. The van der Waals surface area contributed by atoms with E-state index < -0.39 is 0 Å². The average molecular weight is 328 g/mol. The summed E-state index contributed by atoms with van der Waals surface area (Å²) in [6.07, 6.45) is -0.0828. The monoisotopic (exact) mass is 328 g/mol. The summed E-state index contributed by atoms with van der Waals surface area (Å²) in [5.74, 6) is 0. The molecule has 1 saturated heterocycles. The molecule has 2 aromatic carbocycles. The quantitative estimate of drug-likeness (QED) is 0.816. The van der Waals surface area contributed by atoms with E-state index in [1.54, 1.807) is 0 Å². The van der Waals surface area contributed by atoms with E-state index in [1.165, 1.54) is 0 Å². The molecule has 0 atom stereocenters. The standard InChI is InChI=1S/C20H24O4/c1-3-7-17(8-4-1)11-23-19-13-21-15-20(16-22-14-19)24-12-18-9-5-2-6-10-18/h1-10,19-20H,11-16H2. The van der Waals surface area contributed by atoms with Crippen molar-refractivity contribution in [2.24, 2.45) is 0 Å². The fraction of sp³-hybridized carbons (Fsp3) is 0.400. The molecule has 0 radical (unpaired) electrons. The van der Waals surface area contributed by atoms with Gasteiger partial charge in [-0.25, -0.2) is 0 Å². The first kappa shape index (κ1) is 17.1. The van der Waals surface area contributed by atoms with Crippen LogP contribution in [0.4, 0.5) is 0 Å². The van der Waals surface area contributed by atoms with E-state index in [1.807, 2.05) is 36.4 Å². The summed E-state index contributed by atoms with van der Waals surface area (Å²) < 4.78 is 23.2. The number of hydrogen-bond donors (Lipinski definition) is 0. The molecule has 4 heteroatoms. The van der Waals surface area contributed by atoms with Crippen LogP contribution in [0, 0.1) is 0 Å². The summed E-state index contributed by atoms with van der Waals surface area (Å²) in [5, 5.41) is 0. The van der Waals surface area contributed by atoms with Crippen LogP contribution in [0.15, 0.2) is 60.7 Å². The highest BCUT2D eigenvalue weighted by molar-refractivity contribution is 5.14. The average Bonchev–Trinajstić information content (AvgIpc) is 2.62.